The molecule has 1 amide bonds. The Morgan fingerprint density at radius 3 is 2.04 bits per heavy atom. The molecule has 2 rings (SSSR count). The molecule has 0 aliphatic carbocycles. The Morgan fingerprint density at radius 2 is 1.50 bits per heavy atom. The van der Waals surface area contributed by atoms with Gasteiger partial charge in [-0.2, -0.15) is 8.78 Å². The second kappa shape index (κ2) is 10.3. The Balaban J connectivity index is 2.37. The first kappa shape index (κ1) is 21.3. The summed E-state index contributed by atoms with van der Waals surface area (Å²) in [5, 5.41) is 2.57. The third-order valence-electron chi connectivity index (χ3n) is 3.52. The summed E-state index contributed by atoms with van der Waals surface area (Å²) in [5.74, 6) is 0.460. The van der Waals surface area contributed by atoms with Crippen LogP contribution in [0, 0.1) is 0 Å². The molecule has 0 aliphatic heterocycles. The molecule has 152 valence electrons. The zero-order valence-corrected chi connectivity index (χ0v) is 16.0. The Hall–Kier alpha value is -3.03. The predicted octanol–water partition coefficient (Wildman–Crippen LogP) is 4.74. The van der Waals surface area contributed by atoms with Crippen LogP contribution in [-0.2, 0) is 0 Å². The molecule has 0 aliphatic rings. The standard InChI is InChI=1S/C20H23F2NO5/c1-4-25-16-11-13(12-17(26-5-2)18(16)27-6-3)19(24)23-14-9-7-8-10-15(14)28-20(21)22/h7-12,20H,4-6H2,1-3H3,(H,23,24). The van der Waals surface area contributed by atoms with Crippen molar-refractivity contribution in [3.05, 3.63) is 42.0 Å². The third-order valence-corrected chi connectivity index (χ3v) is 3.52. The van der Waals surface area contributed by atoms with E-state index in [1.807, 2.05) is 6.92 Å². The van der Waals surface area contributed by atoms with Crippen LogP contribution in [-0.4, -0.2) is 32.3 Å². The molecule has 2 aromatic carbocycles. The number of ether oxygens (including phenoxy) is 4. The first-order chi connectivity index (χ1) is 13.5. The van der Waals surface area contributed by atoms with Crippen LogP contribution >= 0.6 is 0 Å². The van der Waals surface area contributed by atoms with Crippen LogP contribution in [0.3, 0.4) is 0 Å². The Morgan fingerprint density at radius 1 is 0.929 bits per heavy atom. The van der Waals surface area contributed by atoms with E-state index in [4.69, 9.17) is 14.2 Å². The van der Waals surface area contributed by atoms with E-state index >= 15 is 0 Å². The highest BCUT2D eigenvalue weighted by Crippen LogP contribution is 2.39. The van der Waals surface area contributed by atoms with Crippen LogP contribution in [0.2, 0.25) is 0 Å². The summed E-state index contributed by atoms with van der Waals surface area (Å²) < 4.78 is 46.4. The average molecular weight is 395 g/mol. The summed E-state index contributed by atoms with van der Waals surface area (Å²) in [5.41, 5.74) is 0.347. The number of para-hydroxylation sites is 2. The van der Waals surface area contributed by atoms with E-state index in [1.54, 1.807) is 19.9 Å². The quantitative estimate of drug-likeness (QED) is 0.630. The number of hydrogen-bond acceptors (Lipinski definition) is 5. The molecule has 0 bridgehead atoms. The van der Waals surface area contributed by atoms with Gasteiger partial charge in [0, 0.05) is 5.56 Å². The summed E-state index contributed by atoms with van der Waals surface area (Å²) in [7, 11) is 0. The highest BCUT2D eigenvalue weighted by molar-refractivity contribution is 6.05. The Bertz CT molecular complexity index is 771. The van der Waals surface area contributed by atoms with Gasteiger partial charge < -0.3 is 24.3 Å². The van der Waals surface area contributed by atoms with Gasteiger partial charge in [-0.3, -0.25) is 4.79 Å². The number of hydrogen-bond donors (Lipinski definition) is 1. The minimum absolute atomic E-state index is 0.123. The lowest BCUT2D eigenvalue weighted by Gasteiger charge is -2.17. The van der Waals surface area contributed by atoms with Crippen LogP contribution in [0.4, 0.5) is 14.5 Å². The summed E-state index contributed by atoms with van der Waals surface area (Å²) >= 11 is 0. The largest absolute Gasteiger partial charge is 0.490 e. The molecule has 28 heavy (non-hydrogen) atoms. The molecule has 0 spiro atoms. The number of rotatable bonds is 10. The van der Waals surface area contributed by atoms with Gasteiger partial charge in [0.1, 0.15) is 5.75 Å². The van der Waals surface area contributed by atoms with Crippen LogP contribution < -0.4 is 24.3 Å². The molecule has 0 heterocycles. The zero-order chi connectivity index (χ0) is 20.5. The average Bonchev–Trinajstić information content (AvgIpc) is 2.65. The van der Waals surface area contributed by atoms with Gasteiger partial charge in [0.2, 0.25) is 5.75 Å². The maximum atomic E-state index is 12.7. The fourth-order valence-corrected chi connectivity index (χ4v) is 2.48. The van der Waals surface area contributed by atoms with Crippen molar-refractivity contribution >= 4 is 11.6 Å². The fraction of sp³-hybridized carbons (Fsp3) is 0.350. The summed E-state index contributed by atoms with van der Waals surface area (Å²) in [6, 6.07) is 8.98. The van der Waals surface area contributed by atoms with Gasteiger partial charge in [0.05, 0.1) is 25.5 Å². The van der Waals surface area contributed by atoms with Crippen molar-refractivity contribution < 1.29 is 32.5 Å². The topological polar surface area (TPSA) is 66.0 Å². The van der Waals surface area contributed by atoms with Crippen molar-refractivity contribution in [3.8, 4) is 23.0 Å². The second-order valence-electron chi connectivity index (χ2n) is 5.43. The molecule has 0 saturated heterocycles. The number of nitrogens with one attached hydrogen (secondary N) is 1. The molecular weight excluding hydrogens is 372 g/mol. The van der Waals surface area contributed by atoms with Crippen molar-refractivity contribution in [1.29, 1.82) is 0 Å². The van der Waals surface area contributed by atoms with Gasteiger partial charge in [0.25, 0.3) is 5.91 Å². The van der Waals surface area contributed by atoms with E-state index in [0.717, 1.165) is 0 Å². The highest BCUT2D eigenvalue weighted by Gasteiger charge is 2.19. The summed E-state index contributed by atoms with van der Waals surface area (Å²) in [6.45, 7) is 3.55. The molecule has 0 saturated carbocycles. The highest BCUT2D eigenvalue weighted by atomic mass is 19.3. The van der Waals surface area contributed by atoms with E-state index < -0.39 is 12.5 Å². The molecule has 0 unspecified atom stereocenters. The molecule has 2 aromatic rings. The second-order valence-corrected chi connectivity index (χ2v) is 5.43. The fourth-order valence-electron chi connectivity index (χ4n) is 2.48. The first-order valence-electron chi connectivity index (χ1n) is 8.91. The van der Waals surface area contributed by atoms with Gasteiger partial charge in [-0.1, -0.05) is 12.1 Å². The van der Waals surface area contributed by atoms with Crippen LogP contribution in [0.1, 0.15) is 31.1 Å². The number of halogens is 2. The molecule has 0 fully saturated rings. The van der Waals surface area contributed by atoms with E-state index in [2.05, 4.69) is 10.1 Å². The molecule has 0 radical (unpaired) electrons. The number of amides is 1. The van der Waals surface area contributed by atoms with Gasteiger partial charge >= 0.3 is 6.61 Å². The Kier molecular flexibility index (Phi) is 7.86. The minimum atomic E-state index is -3.00. The van der Waals surface area contributed by atoms with Gasteiger partial charge in [-0.15, -0.1) is 0 Å². The lowest BCUT2D eigenvalue weighted by Crippen LogP contribution is -2.15. The monoisotopic (exact) mass is 395 g/mol. The molecule has 0 aromatic heterocycles. The van der Waals surface area contributed by atoms with Gasteiger partial charge in [-0.25, -0.2) is 0 Å². The number of anilines is 1. The van der Waals surface area contributed by atoms with E-state index in [-0.39, 0.29) is 17.0 Å². The first-order valence-corrected chi connectivity index (χ1v) is 8.91. The lowest BCUT2D eigenvalue weighted by atomic mass is 10.1. The van der Waals surface area contributed by atoms with Gasteiger partial charge in [-0.05, 0) is 45.0 Å². The number of benzene rings is 2. The molecule has 0 atom stereocenters. The smallest absolute Gasteiger partial charge is 0.387 e. The van der Waals surface area contributed by atoms with E-state index in [1.165, 1.54) is 30.3 Å². The summed E-state index contributed by atoms with van der Waals surface area (Å²) in [4.78, 5) is 12.7. The number of carbonyl (C=O) groups is 1. The van der Waals surface area contributed by atoms with Crippen molar-refractivity contribution in [2.45, 2.75) is 27.4 Å². The normalized spacial score (nSPS) is 10.5. The number of alkyl halides is 2. The van der Waals surface area contributed by atoms with Gasteiger partial charge in [0.15, 0.2) is 11.5 Å². The maximum Gasteiger partial charge on any atom is 0.387 e. The van der Waals surface area contributed by atoms with Crippen LogP contribution in [0.25, 0.3) is 0 Å². The molecule has 1 N–H and O–H groups in total. The Labute approximate surface area is 162 Å². The predicted molar refractivity (Wildman–Crippen MR) is 101 cm³/mol. The molecule has 6 nitrogen and oxygen atoms in total. The zero-order valence-electron chi connectivity index (χ0n) is 16.0. The third kappa shape index (κ3) is 5.48. The van der Waals surface area contributed by atoms with Crippen LogP contribution in [0.5, 0.6) is 23.0 Å². The van der Waals surface area contributed by atoms with Crippen molar-refractivity contribution in [2.24, 2.45) is 0 Å². The molecular formula is C20H23F2NO5. The lowest BCUT2D eigenvalue weighted by molar-refractivity contribution is -0.0493. The SMILES string of the molecule is CCOc1cc(C(=O)Nc2ccccc2OC(F)F)cc(OCC)c1OCC. The van der Waals surface area contributed by atoms with E-state index in [0.29, 0.717) is 37.1 Å². The van der Waals surface area contributed by atoms with E-state index in [9.17, 15) is 13.6 Å². The minimum Gasteiger partial charge on any atom is -0.490 e. The maximum absolute atomic E-state index is 12.7. The number of carbonyl (C=O) groups excluding carboxylic acids is 1. The summed E-state index contributed by atoms with van der Waals surface area (Å²) in [6.07, 6.45) is 0. The van der Waals surface area contributed by atoms with Crippen molar-refractivity contribution in [2.75, 3.05) is 25.1 Å². The molecule has 8 heteroatoms. The van der Waals surface area contributed by atoms with Crippen molar-refractivity contribution in [3.63, 3.8) is 0 Å². The van der Waals surface area contributed by atoms with Crippen LogP contribution in [0.15, 0.2) is 36.4 Å². The van der Waals surface area contributed by atoms with Crippen molar-refractivity contribution in [1.82, 2.24) is 0 Å².